The normalized spacial score (nSPS) is 13.7. The van der Waals surface area contributed by atoms with Gasteiger partial charge in [-0.3, -0.25) is 0 Å². The van der Waals surface area contributed by atoms with Crippen LogP contribution in [-0.2, 0) is 29.5 Å². The predicted molar refractivity (Wildman–Crippen MR) is 135 cm³/mol. The maximum Gasteiger partial charge on any atom is 0.243 e. The number of sulfonamides is 1. The van der Waals surface area contributed by atoms with Gasteiger partial charge in [0.15, 0.2) is 0 Å². The number of anilines is 1. The summed E-state index contributed by atoms with van der Waals surface area (Å²) in [6.07, 6.45) is 0.398. The first kappa shape index (κ1) is 23.9. The topological polar surface area (TPSA) is 75.6 Å². The molecule has 0 aliphatic carbocycles. The lowest BCUT2D eigenvalue weighted by Crippen LogP contribution is -2.37. The smallest absolute Gasteiger partial charge is 0.243 e. The molecule has 0 saturated carbocycles. The highest BCUT2D eigenvalue weighted by molar-refractivity contribution is 7.89. The summed E-state index contributed by atoms with van der Waals surface area (Å²) in [5, 5.41) is 0. The molecule has 0 unspecified atom stereocenters. The minimum atomic E-state index is -3.72. The Kier molecular flexibility index (Phi) is 6.67. The fraction of sp³-hybridized carbons (Fsp3) is 0.185. The van der Waals surface area contributed by atoms with Crippen molar-refractivity contribution in [2.45, 2.75) is 24.4 Å². The number of hydrogen-bond donors (Lipinski definition) is 0. The van der Waals surface area contributed by atoms with Crippen LogP contribution in [0.2, 0.25) is 0 Å². The molecule has 1 aliphatic heterocycles. The lowest BCUT2D eigenvalue weighted by atomic mass is 10.1. The number of halogens is 1. The largest absolute Gasteiger partial charge is 0.438 e. The molecule has 7 nitrogen and oxygen atoms in total. The van der Waals surface area contributed by atoms with Gasteiger partial charge in [0.1, 0.15) is 11.6 Å². The zero-order chi connectivity index (χ0) is 25.1. The summed E-state index contributed by atoms with van der Waals surface area (Å²) in [7, 11) is -1.83. The van der Waals surface area contributed by atoms with Gasteiger partial charge in [-0.25, -0.2) is 17.8 Å². The van der Waals surface area contributed by atoms with Crippen LogP contribution in [0.4, 0.5) is 10.3 Å². The maximum absolute atomic E-state index is 13.9. The van der Waals surface area contributed by atoms with Crippen molar-refractivity contribution in [3.05, 3.63) is 108 Å². The quantitative estimate of drug-likeness (QED) is 0.360. The zero-order valence-electron chi connectivity index (χ0n) is 19.7. The highest BCUT2D eigenvalue weighted by Crippen LogP contribution is 2.33. The Morgan fingerprint density at radius 1 is 0.972 bits per heavy atom. The monoisotopic (exact) mass is 504 g/mol. The van der Waals surface area contributed by atoms with E-state index in [1.807, 2.05) is 42.3 Å². The van der Waals surface area contributed by atoms with E-state index in [0.29, 0.717) is 30.2 Å². The maximum atomic E-state index is 13.9. The summed E-state index contributed by atoms with van der Waals surface area (Å²) in [4.78, 5) is 11.5. The van der Waals surface area contributed by atoms with Gasteiger partial charge in [-0.2, -0.15) is 9.29 Å². The van der Waals surface area contributed by atoms with E-state index >= 15 is 0 Å². The van der Waals surface area contributed by atoms with Gasteiger partial charge in [0, 0.05) is 39.2 Å². The molecule has 9 heteroatoms. The summed E-state index contributed by atoms with van der Waals surface area (Å²) in [5.41, 5.74) is 2.38. The third kappa shape index (κ3) is 5.07. The average Bonchev–Trinajstić information content (AvgIpc) is 2.89. The second-order valence-corrected chi connectivity index (χ2v) is 10.5. The first-order valence-electron chi connectivity index (χ1n) is 11.5. The van der Waals surface area contributed by atoms with E-state index in [-0.39, 0.29) is 29.6 Å². The average molecular weight is 505 g/mol. The molecule has 0 spiro atoms. The second-order valence-electron chi connectivity index (χ2n) is 8.56. The van der Waals surface area contributed by atoms with Gasteiger partial charge < -0.3 is 9.64 Å². The predicted octanol–water partition coefficient (Wildman–Crippen LogP) is 4.79. The number of nitrogens with zero attached hydrogens (tertiary/aromatic N) is 4. The number of benzene rings is 3. The van der Waals surface area contributed by atoms with E-state index in [1.165, 1.54) is 16.4 Å². The van der Waals surface area contributed by atoms with Crippen molar-refractivity contribution in [1.82, 2.24) is 14.3 Å². The van der Waals surface area contributed by atoms with Crippen LogP contribution in [0.3, 0.4) is 0 Å². The van der Waals surface area contributed by atoms with Crippen molar-refractivity contribution in [2.75, 3.05) is 18.5 Å². The molecule has 36 heavy (non-hydrogen) atoms. The third-order valence-corrected chi connectivity index (χ3v) is 7.83. The van der Waals surface area contributed by atoms with Gasteiger partial charge in [-0.15, -0.1) is 0 Å². The molecule has 1 aliphatic rings. The number of aromatic nitrogens is 2. The Labute approximate surface area is 209 Å². The SMILES string of the molecule is CN(Cc1ccccc1)c1nc2c(c(Oc3cccc(F)c3)n1)CN(S(=O)(=O)c1ccccc1)CC2. The number of ether oxygens (including phenoxy) is 1. The fourth-order valence-corrected chi connectivity index (χ4v) is 5.55. The van der Waals surface area contributed by atoms with Crippen molar-refractivity contribution in [2.24, 2.45) is 0 Å². The number of rotatable bonds is 7. The lowest BCUT2D eigenvalue weighted by Gasteiger charge is -2.29. The van der Waals surface area contributed by atoms with Crippen LogP contribution < -0.4 is 9.64 Å². The van der Waals surface area contributed by atoms with Crippen LogP contribution in [-0.4, -0.2) is 36.3 Å². The van der Waals surface area contributed by atoms with Crippen molar-refractivity contribution in [3.63, 3.8) is 0 Å². The standard InChI is InChI=1S/C27H25FN4O3S/c1-31(18-20-9-4-2-5-10-20)27-29-25-15-16-32(36(33,34)23-13-6-3-7-14-23)19-24(25)26(30-27)35-22-12-8-11-21(28)17-22/h2-14,17H,15-16,18-19H2,1H3. The summed E-state index contributed by atoms with van der Waals surface area (Å²) in [6.45, 7) is 0.913. The van der Waals surface area contributed by atoms with E-state index in [4.69, 9.17) is 9.72 Å². The molecule has 0 atom stereocenters. The summed E-state index contributed by atoms with van der Waals surface area (Å²) in [6, 6.07) is 24.0. The minimum Gasteiger partial charge on any atom is -0.438 e. The van der Waals surface area contributed by atoms with Gasteiger partial charge in [-0.1, -0.05) is 54.6 Å². The fourth-order valence-electron chi connectivity index (χ4n) is 4.12. The molecule has 0 bridgehead atoms. The van der Waals surface area contributed by atoms with Gasteiger partial charge in [0.05, 0.1) is 16.2 Å². The van der Waals surface area contributed by atoms with Crippen LogP contribution >= 0.6 is 0 Å². The van der Waals surface area contributed by atoms with E-state index in [1.54, 1.807) is 42.5 Å². The molecule has 5 rings (SSSR count). The Morgan fingerprint density at radius 3 is 2.42 bits per heavy atom. The number of hydrogen-bond acceptors (Lipinski definition) is 6. The highest BCUT2D eigenvalue weighted by Gasteiger charge is 2.32. The summed E-state index contributed by atoms with van der Waals surface area (Å²) >= 11 is 0. The molecule has 0 N–H and O–H groups in total. The van der Waals surface area contributed by atoms with Crippen LogP contribution in [0, 0.1) is 5.82 Å². The molecule has 184 valence electrons. The van der Waals surface area contributed by atoms with E-state index in [2.05, 4.69) is 4.98 Å². The molecule has 4 aromatic rings. The van der Waals surface area contributed by atoms with Gasteiger partial charge in [0.2, 0.25) is 21.9 Å². The Hall–Kier alpha value is -3.82. The highest BCUT2D eigenvalue weighted by atomic mass is 32.2. The number of fused-ring (bicyclic) bond motifs is 1. The molecule has 0 fully saturated rings. The van der Waals surface area contributed by atoms with E-state index in [0.717, 1.165) is 5.56 Å². The van der Waals surface area contributed by atoms with E-state index in [9.17, 15) is 12.8 Å². The van der Waals surface area contributed by atoms with Crippen molar-refractivity contribution in [1.29, 1.82) is 0 Å². The zero-order valence-corrected chi connectivity index (χ0v) is 20.5. The minimum absolute atomic E-state index is 0.0554. The van der Waals surface area contributed by atoms with Gasteiger partial charge in [0.25, 0.3) is 0 Å². The molecule has 0 radical (unpaired) electrons. The van der Waals surface area contributed by atoms with E-state index < -0.39 is 15.8 Å². The van der Waals surface area contributed by atoms with Gasteiger partial charge >= 0.3 is 0 Å². The first-order chi connectivity index (χ1) is 17.4. The van der Waals surface area contributed by atoms with Crippen LogP contribution in [0.25, 0.3) is 0 Å². The molecule has 2 heterocycles. The molecular formula is C27H25FN4O3S. The van der Waals surface area contributed by atoms with Crippen LogP contribution in [0.5, 0.6) is 11.6 Å². The summed E-state index contributed by atoms with van der Waals surface area (Å²) < 4.78 is 47.8. The van der Waals surface area contributed by atoms with Crippen molar-refractivity contribution < 1.29 is 17.5 Å². The van der Waals surface area contributed by atoms with Crippen LogP contribution in [0.1, 0.15) is 16.8 Å². The lowest BCUT2D eigenvalue weighted by molar-refractivity contribution is 0.369. The summed E-state index contributed by atoms with van der Waals surface area (Å²) in [5.74, 6) is 0.498. The van der Waals surface area contributed by atoms with Gasteiger partial charge in [-0.05, 0) is 29.8 Å². The third-order valence-electron chi connectivity index (χ3n) is 5.97. The van der Waals surface area contributed by atoms with Crippen molar-refractivity contribution >= 4 is 16.0 Å². The Morgan fingerprint density at radius 2 is 1.69 bits per heavy atom. The Balaban J connectivity index is 1.51. The Bertz CT molecular complexity index is 1470. The molecule has 3 aromatic carbocycles. The molecule has 0 amide bonds. The molecular weight excluding hydrogens is 479 g/mol. The van der Waals surface area contributed by atoms with Crippen LogP contribution in [0.15, 0.2) is 89.8 Å². The first-order valence-corrected chi connectivity index (χ1v) is 13.0. The van der Waals surface area contributed by atoms with Crippen molar-refractivity contribution in [3.8, 4) is 11.6 Å². The molecule has 0 saturated heterocycles. The second kappa shape index (κ2) is 10.0. The molecule has 1 aromatic heterocycles.